The highest BCUT2D eigenvalue weighted by Gasteiger charge is 2.42. The van der Waals surface area contributed by atoms with Crippen molar-refractivity contribution in [2.75, 3.05) is 19.6 Å². The van der Waals surface area contributed by atoms with Gasteiger partial charge in [-0.2, -0.15) is 5.26 Å². The Morgan fingerprint density at radius 1 is 1.31 bits per heavy atom. The van der Waals surface area contributed by atoms with Crippen molar-refractivity contribution in [2.24, 2.45) is 5.41 Å². The van der Waals surface area contributed by atoms with Gasteiger partial charge in [0.05, 0.1) is 6.07 Å². The van der Waals surface area contributed by atoms with E-state index in [2.05, 4.69) is 11.0 Å². The molecule has 13 heavy (non-hydrogen) atoms. The first-order valence-electron chi connectivity index (χ1n) is 5.44. The molecule has 0 radical (unpaired) electrons. The normalized spacial score (nSPS) is 25.8. The molecule has 1 saturated heterocycles. The fourth-order valence-corrected chi connectivity index (χ4v) is 2.69. The standard InChI is InChI=1S/C11H18N2/c12-7-1-2-8-13-9-6-11(10-13)4-3-5-11/h1-6,8-10H2. The van der Waals surface area contributed by atoms with E-state index in [1.54, 1.807) is 0 Å². The highest BCUT2D eigenvalue weighted by atomic mass is 15.2. The van der Waals surface area contributed by atoms with Gasteiger partial charge in [0.2, 0.25) is 0 Å². The van der Waals surface area contributed by atoms with Gasteiger partial charge >= 0.3 is 0 Å². The van der Waals surface area contributed by atoms with Gasteiger partial charge in [0.1, 0.15) is 0 Å². The van der Waals surface area contributed by atoms with Crippen LogP contribution in [0.5, 0.6) is 0 Å². The summed E-state index contributed by atoms with van der Waals surface area (Å²) < 4.78 is 0. The maximum Gasteiger partial charge on any atom is 0.0622 e. The summed E-state index contributed by atoms with van der Waals surface area (Å²) in [4.78, 5) is 2.55. The van der Waals surface area contributed by atoms with Crippen molar-refractivity contribution < 1.29 is 0 Å². The van der Waals surface area contributed by atoms with E-state index in [0.717, 1.165) is 24.8 Å². The van der Waals surface area contributed by atoms with Gasteiger partial charge in [0, 0.05) is 13.0 Å². The Balaban J connectivity index is 1.69. The maximum atomic E-state index is 8.43. The molecule has 0 amide bonds. The van der Waals surface area contributed by atoms with Crippen LogP contribution in [-0.4, -0.2) is 24.5 Å². The van der Waals surface area contributed by atoms with E-state index < -0.39 is 0 Å². The molecule has 0 N–H and O–H groups in total. The van der Waals surface area contributed by atoms with Crippen molar-refractivity contribution in [3.05, 3.63) is 0 Å². The fourth-order valence-electron chi connectivity index (χ4n) is 2.69. The van der Waals surface area contributed by atoms with Crippen LogP contribution in [0.1, 0.15) is 38.5 Å². The van der Waals surface area contributed by atoms with Gasteiger partial charge in [-0.25, -0.2) is 0 Å². The summed E-state index contributed by atoms with van der Waals surface area (Å²) in [6.45, 7) is 3.75. The van der Waals surface area contributed by atoms with Crippen molar-refractivity contribution in [3.8, 4) is 6.07 Å². The highest BCUT2D eigenvalue weighted by Crippen LogP contribution is 2.47. The lowest BCUT2D eigenvalue weighted by Gasteiger charge is -2.38. The van der Waals surface area contributed by atoms with Gasteiger partial charge in [-0.3, -0.25) is 0 Å². The van der Waals surface area contributed by atoms with Crippen molar-refractivity contribution in [1.29, 1.82) is 5.26 Å². The first kappa shape index (κ1) is 9.02. The molecule has 0 aromatic heterocycles. The lowest BCUT2D eigenvalue weighted by Crippen LogP contribution is -2.33. The molecule has 72 valence electrons. The van der Waals surface area contributed by atoms with Gasteiger partial charge in [0.25, 0.3) is 0 Å². The number of rotatable bonds is 3. The van der Waals surface area contributed by atoms with E-state index in [1.165, 1.54) is 38.8 Å². The van der Waals surface area contributed by atoms with Gasteiger partial charge in [-0.1, -0.05) is 6.42 Å². The number of likely N-dealkylation sites (tertiary alicyclic amines) is 1. The molecule has 1 heterocycles. The second-order valence-electron chi connectivity index (χ2n) is 4.64. The van der Waals surface area contributed by atoms with Crippen LogP contribution in [0.15, 0.2) is 0 Å². The molecule has 2 nitrogen and oxygen atoms in total. The molecule has 0 aromatic rings. The summed E-state index contributed by atoms with van der Waals surface area (Å²) >= 11 is 0. The Bertz CT molecular complexity index is 213. The first-order chi connectivity index (χ1) is 6.35. The van der Waals surface area contributed by atoms with E-state index in [-0.39, 0.29) is 0 Å². The van der Waals surface area contributed by atoms with Crippen LogP contribution in [0.4, 0.5) is 0 Å². The summed E-state index contributed by atoms with van der Waals surface area (Å²) in [6, 6.07) is 2.21. The average molecular weight is 178 g/mol. The van der Waals surface area contributed by atoms with Crippen LogP contribution in [0.25, 0.3) is 0 Å². The van der Waals surface area contributed by atoms with Gasteiger partial charge in [-0.15, -0.1) is 0 Å². The largest absolute Gasteiger partial charge is 0.303 e. The molecule has 1 aliphatic carbocycles. The zero-order chi connectivity index (χ0) is 9.15. The minimum Gasteiger partial charge on any atom is -0.303 e. The third-order valence-corrected chi connectivity index (χ3v) is 3.69. The third-order valence-electron chi connectivity index (χ3n) is 3.69. The van der Waals surface area contributed by atoms with E-state index in [9.17, 15) is 0 Å². The summed E-state index contributed by atoms with van der Waals surface area (Å²) in [5.41, 5.74) is 0.729. The molecule has 1 aliphatic heterocycles. The monoisotopic (exact) mass is 178 g/mol. The smallest absolute Gasteiger partial charge is 0.0622 e. The molecule has 2 rings (SSSR count). The zero-order valence-electron chi connectivity index (χ0n) is 8.26. The van der Waals surface area contributed by atoms with Crippen molar-refractivity contribution >= 4 is 0 Å². The summed E-state index contributed by atoms with van der Waals surface area (Å²) in [7, 11) is 0. The molecule has 2 fully saturated rings. The number of nitrogens with zero attached hydrogens (tertiary/aromatic N) is 2. The summed E-state index contributed by atoms with van der Waals surface area (Å²) in [5, 5.41) is 8.43. The number of hydrogen-bond donors (Lipinski definition) is 0. The number of unbranched alkanes of at least 4 members (excludes halogenated alkanes) is 1. The second-order valence-corrected chi connectivity index (χ2v) is 4.64. The molecule has 0 atom stereocenters. The third kappa shape index (κ3) is 1.86. The van der Waals surface area contributed by atoms with Gasteiger partial charge in [-0.05, 0) is 44.2 Å². The van der Waals surface area contributed by atoms with Crippen molar-refractivity contribution in [3.63, 3.8) is 0 Å². The second kappa shape index (κ2) is 3.67. The predicted molar refractivity (Wildman–Crippen MR) is 52.2 cm³/mol. The first-order valence-corrected chi connectivity index (χ1v) is 5.44. The fraction of sp³-hybridized carbons (Fsp3) is 0.909. The average Bonchev–Trinajstić information content (AvgIpc) is 2.49. The van der Waals surface area contributed by atoms with Gasteiger partial charge in [0.15, 0.2) is 0 Å². The van der Waals surface area contributed by atoms with E-state index in [0.29, 0.717) is 0 Å². The Morgan fingerprint density at radius 3 is 2.69 bits per heavy atom. The van der Waals surface area contributed by atoms with Crippen molar-refractivity contribution in [1.82, 2.24) is 4.90 Å². The predicted octanol–water partition coefficient (Wildman–Crippen LogP) is 2.17. The molecular formula is C11H18N2. The molecule has 1 spiro atoms. The number of nitriles is 1. The Morgan fingerprint density at radius 2 is 2.15 bits per heavy atom. The number of hydrogen-bond acceptors (Lipinski definition) is 2. The molecule has 2 aliphatic rings. The molecule has 0 aromatic carbocycles. The SMILES string of the molecule is N#CCCCN1CCC2(CCC2)C1. The lowest BCUT2D eigenvalue weighted by atomic mass is 9.68. The van der Waals surface area contributed by atoms with E-state index >= 15 is 0 Å². The Kier molecular flexibility index (Phi) is 2.55. The Labute approximate surface area is 80.5 Å². The minimum absolute atomic E-state index is 0.726. The molecule has 0 unspecified atom stereocenters. The van der Waals surface area contributed by atoms with Gasteiger partial charge < -0.3 is 4.90 Å². The quantitative estimate of drug-likeness (QED) is 0.619. The molecule has 2 heteroatoms. The lowest BCUT2D eigenvalue weighted by molar-refractivity contribution is 0.139. The highest BCUT2D eigenvalue weighted by molar-refractivity contribution is 4.95. The van der Waals surface area contributed by atoms with Crippen LogP contribution in [0.2, 0.25) is 0 Å². The maximum absolute atomic E-state index is 8.43. The summed E-state index contributed by atoms with van der Waals surface area (Å²) in [5.74, 6) is 0. The van der Waals surface area contributed by atoms with Crippen LogP contribution < -0.4 is 0 Å². The van der Waals surface area contributed by atoms with Crippen molar-refractivity contribution in [2.45, 2.75) is 38.5 Å². The Hall–Kier alpha value is -0.550. The van der Waals surface area contributed by atoms with Crippen LogP contribution in [0.3, 0.4) is 0 Å². The molecule has 1 saturated carbocycles. The van der Waals surface area contributed by atoms with E-state index in [1.807, 2.05) is 0 Å². The molecule has 0 bridgehead atoms. The van der Waals surface area contributed by atoms with Crippen LogP contribution in [0, 0.1) is 16.7 Å². The minimum atomic E-state index is 0.726. The zero-order valence-corrected chi connectivity index (χ0v) is 8.26. The van der Waals surface area contributed by atoms with Crippen LogP contribution in [-0.2, 0) is 0 Å². The van der Waals surface area contributed by atoms with E-state index in [4.69, 9.17) is 5.26 Å². The van der Waals surface area contributed by atoms with Crippen LogP contribution >= 0.6 is 0 Å². The topological polar surface area (TPSA) is 27.0 Å². The summed E-state index contributed by atoms with van der Waals surface area (Å²) in [6.07, 6.45) is 7.57. The molecular weight excluding hydrogens is 160 g/mol.